The molecule has 0 aliphatic carbocycles. The van der Waals surface area contributed by atoms with Crippen molar-refractivity contribution >= 4 is 30.6 Å². The quantitative estimate of drug-likeness (QED) is 0.737. The van der Waals surface area contributed by atoms with E-state index in [1.54, 1.807) is 12.1 Å². The number of rotatable bonds is 1. The van der Waals surface area contributed by atoms with Crippen molar-refractivity contribution in [1.29, 1.82) is 0 Å². The van der Waals surface area contributed by atoms with Crippen LogP contribution in [0.2, 0.25) is 0 Å². The van der Waals surface area contributed by atoms with E-state index in [0.717, 1.165) is 22.2 Å². The van der Waals surface area contributed by atoms with E-state index >= 15 is 0 Å². The SMILES string of the molecule is Cc1c(C)n(C)c2ccc(S(=O)(=O)Cl)cc12. The van der Waals surface area contributed by atoms with Crippen molar-refractivity contribution in [3.05, 3.63) is 29.5 Å². The van der Waals surface area contributed by atoms with Crippen LogP contribution < -0.4 is 0 Å². The Kier molecular flexibility index (Phi) is 2.51. The summed E-state index contributed by atoms with van der Waals surface area (Å²) >= 11 is 0. The molecule has 0 atom stereocenters. The molecular formula is C11H12ClNO2S. The van der Waals surface area contributed by atoms with Crippen LogP contribution in [0.3, 0.4) is 0 Å². The maximum Gasteiger partial charge on any atom is 0.261 e. The third-order valence-corrected chi connectivity index (χ3v) is 4.41. The Labute approximate surface area is 99.1 Å². The molecule has 0 fully saturated rings. The van der Waals surface area contributed by atoms with E-state index in [1.807, 2.05) is 25.5 Å². The lowest BCUT2D eigenvalue weighted by molar-refractivity contribution is 0.609. The van der Waals surface area contributed by atoms with Gasteiger partial charge >= 0.3 is 0 Å². The minimum Gasteiger partial charge on any atom is -0.348 e. The van der Waals surface area contributed by atoms with E-state index in [1.165, 1.54) is 6.07 Å². The van der Waals surface area contributed by atoms with Gasteiger partial charge in [0.15, 0.2) is 0 Å². The van der Waals surface area contributed by atoms with E-state index in [4.69, 9.17) is 10.7 Å². The summed E-state index contributed by atoms with van der Waals surface area (Å²) in [5.41, 5.74) is 3.22. The molecule has 2 rings (SSSR count). The first kappa shape index (κ1) is 11.5. The lowest BCUT2D eigenvalue weighted by Gasteiger charge is -1.99. The normalized spacial score (nSPS) is 12.2. The lowest BCUT2D eigenvalue weighted by atomic mass is 10.1. The van der Waals surface area contributed by atoms with Crippen molar-refractivity contribution in [2.45, 2.75) is 18.7 Å². The number of aryl methyl sites for hydroxylation is 2. The van der Waals surface area contributed by atoms with Crippen molar-refractivity contribution < 1.29 is 8.42 Å². The zero-order valence-corrected chi connectivity index (χ0v) is 10.9. The molecule has 2 aromatic rings. The third-order valence-electron chi connectivity index (χ3n) is 3.06. The van der Waals surface area contributed by atoms with Crippen LogP contribution in [0, 0.1) is 13.8 Å². The highest BCUT2D eigenvalue weighted by molar-refractivity contribution is 8.13. The second-order valence-corrected chi connectivity index (χ2v) is 6.45. The van der Waals surface area contributed by atoms with Gasteiger partial charge < -0.3 is 4.57 Å². The highest BCUT2D eigenvalue weighted by Gasteiger charge is 2.14. The van der Waals surface area contributed by atoms with Gasteiger partial charge in [-0.15, -0.1) is 0 Å². The van der Waals surface area contributed by atoms with Crippen LogP contribution in [-0.4, -0.2) is 13.0 Å². The van der Waals surface area contributed by atoms with E-state index in [2.05, 4.69) is 0 Å². The largest absolute Gasteiger partial charge is 0.348 e. The second-order valence-electron chi connectivity index (χ2n) is 3.89. The molecule has 0 unspecified atom stereocenters. The minimum atomic E-state index is -3.65. The molecule has 0 saturated carbocycles. The molecule has 0 aliphatic heterocycles. The number of aromatic nitrogens is 1. The van der Waals surface area contributed by atoms with Crippen LogP contribution in [0.5, 0.6) is 0 Å². The van der Waals surface area contributed by atoms with Gasteiger partial charge in [0.1, 0.15) is 0 Å². The second kappa shape index (κ2) is 3.50. The number of hydrogen-bond donors (Lipinski definition) is 0. The molecule has 16 heavy (non-hydrogen) atoms. The van der Waals surface area contributed by atoms with Gasteiger partial charge in [0.05, 0.1) is 4.90 Å². The average Bonchev–Trinajstić information content (AvgIpc) is 2.43. The molecule has 0 radical (unpaired) electrons. The summed E-state index contributed by atoms with van der Waals surface area (Å²) in [6, 6.07) is 4.94. The van der Waals surface area contributed by atoms with Crippen LogP contribution in [0.25, 0.3) is 10.9 Å². The molecule has 3 nitrogen and oxygen atoms in total. The van der Waals surface area contributed by atoms with Gasteiger partial charge in [-0.05, 0) is 37.6 Å². The average molecular weight is 258 g/mol. The Balaban J connectivity index is 2.87. The van der Waals surface area contributed by atoms with Gasteiger partial charge in [-0.25, -0.2) is 8.42 Å². The Bertz CT molecular complexity index is 671. The Morgan fingerprint density at radius 3 is 2.44 bits per heavy atom. The minimum absolute atomic E-state index is 0.148. The Morgan fingerprint density at radius 2 is 1.88 bits per heavy atom. The molecule has 0 saturated heterocycles. The first-order valence-electron chi connectivity index (χ1n) is 4.82. The van der Waals surface area contributed by atoms with Crippen molar-refractivity contribution in [2.24, 2.45) is 7.05 Å². The highest BCUT2D eigenvalue weighted by Crippen LogP contribution is 2.27. The predicted octanol–water partition coefficient (Wildman–Crippen LogP) is 2.72. The Hall–Kier alpha value is -1.00. The predicted molar refractivity (Wildman–Crippen MR) is 65.4 cm³/mol. The van der Waals surface area contributed by atoms with Crippen LogP contribution in [-0.2, 0) is 16.1 Å². The summed E-state index contributed by atoms with van der Waals surface area (Å²) in [6.07, 6.45) is 0. The van der Waals surface area contributed by atoms with Crippen molar-refractivity contribution in [3.8, 4) is 0 Å². The van der Waals surface area contributed by atoms with Crippen molar-refractivity contribution in [3.63, 3.8) is 0 Å². The topological polar surface area (TPSA) is 39.1 Å². The van der Waals surface area contributed by atoms with Gasteiger partial charge in [-0.3, -0.25) is 0 Å². The van der Waals surface area contributed by atoms with Crippen LogP contribution in [0.4, 0.5) is 0 Å². The van der Waals surface area contributed by atoms with Gasteiger partial charge in [0, 0.05) is 34.3 Å². The smallest absolute Gasteiger partial charge is 0.261 e. The van der Waals surface area contributed by atoms with Gasteiger partial charge in [0.2, 0.25) is 0 Å². The molecule has 0 N–H and O–H groups in total. The van der Waals surface area contributed by atoms with Gasteiger partial charge in [-0.2, -0.15) is 0 Å². The molecule has 5 heteroatoms. The van der Waals surface area contributed by atoms with Crippen molar-refractivity contribution in [2.75, 3.05) is 0 Å². The molecule has 0 amide bonds. The summed E-state index contributed by atoms with van der Waals surface area (Å²) in [7, 11) is 3.63. The van der Waals surface area contributed by atoms with Gasteiger partial charge in [-0.1, -0.05) is 0 Å². The summed E-state index contributed by atoms with van der Waals surface area (Å²) < 4.78 is 24.5. The number of nitrogens with zero attached hydrogens (tertiary/aromatic N) is 1. The summed E-state index contributed by atoms with van der Waals surface area (Å²) in [5, 5.41) is 0.932. The molecular weight excluding hydrogens is 246 g/mol. The molecule has 1 heterocycles. The number of fused-ring (bicyclic) bond motifs is 1. The van der Waals surface area contributed by atoms with Crippen LogP contribution in [0.15, 0.2) is 23.1 Å². The van der Waals surface area contributed by atoms with E-state index in [9.17, 15) is 8.42 Å². The fraction of sp³-hybridized carbons (Fsp3) is 0.273. The van der Waals surface area contributed by atoms with Gasteiger partial charge in [0.25, 0.3) is 9.05 Å². The van der Waals surface area contributed by atoms with Crippen molar-refractivity contribution in [1.82, 2.24) is 4.57 Å². The first-order chi connectivity index (χ1) is 7.32. The zero-order valence-electron chi connectivity index (χ0n) is 9.28. The standard InChI is InChI=1S/C11H12ClNO2S/c1-7-8(2)13(3)11-5-4-9(6-10(7)11)16(12,14)15/h4-6H,1-3H3. The fourth-order valence-corrected chi connectivity index (χ4v) is 2.66. The third kappa shape index (κ3) is 1.62. The molecule has 0 aliphatic rings. The summed E-state index contributed by atoms with van der Waals surface area (Å²) in [6.45, 7) is 3.98. The van der Waals surface area contributed by atoms with E-state index < -0.39 is 9.05 Å². The molecule has 86 valence electrons. The monoisotopic (exact) mass is 257 g/mol. The highest BCUT2D eigenvalue weighted by atomic mass is 35.7. The number of benzene rings is 1. The molecule has 0 bridgehead atoms. The lowest BCUT2D eigenvalue weighted by Crippen LogP contribution is -1.91. The van der Waals surface area contributed by atoms with E-state index in [0.29, 0.717) is 0 Å². The number of hydrogen-bond acceptors (Lipinski definition) is 2. The molecule has 0 spiro atoms. The molecule has 1 aromatic carbocycles. The summed E-state index contributed by atoms with van der Waals surface area (Å²) in [4.78, 5) is 0.148. The Morgan fingerprint density at radius 1 is 1.25 bits per heavy atom. The van der Waals surface area contributed by atoms with Crippen LogP contribution >= 0.6 is 10.7 Å². The zero-order chi connectivity index (χ0) is 12.1. The summed E-state index contributed by atoms with van der Waals surface area (Å²) in [5.74, 6) is 0. The molecule has 1 aromatic heterocycles. The first-order valence-corrected chi connectivity index (χ1v) is 7.13. The maximum atomic E-state index is 11.2. The van der Waals surface area contributed by atoms with Crippen LogP contribution in [0.1, 0.15) is 11.3 Å². The number of halogens is 1. The van der Waals surface area contributed by atoms with E-state index in [-0.39, 0.29) is 4.90 Å². The maximum absolute atomic E-state index is 11.2. The fourth-order valence-electron chi connectivity index (χ4n) is 1.89.